The molecule has 28 heavy (non-hydrogen) atoms. The predicted octanol–water partition coefficient (Wildman–Crippen LogP) is 2.89. The Morgan fingerprint density at radius 3 is 2.71 bits per heavy atom. The Morgan fingerprint density at radius 2 is 1.96 bits per heavy atom. The van der Waals surface area contributed by atoms with Gasteiger partial charge in [0, 0.05) is 18.4 Å². The maximum Gasteiger partial charge on any atom is 0.216 e. The lowest BCUT2D eigenvalue weighted by Crippen LogP contribution is -2.25. The Morgan fingerprint density at radius 1 is 1.18 bits per heavy atom. The molecule has 0 aliphatic carbocycles. The minimum atomic E-state index is -1.59. The quantitative estimate of drug-likeness (QED) is 0.339. The molecule has 1 heterocycles. The van der Waals surface area contributed by atoms with Gasteiger partial charge in [-0.15, -0.1) is 0 Å². The first-order chi connectivity index (χ1) is 13.4. The summed E-state index contributed by atoms with van der Waals surface area (Å²) in [6, 6.07) is 4.94. The van der Waals surface area contributed by atoms with E-state index in [4.69, 9.17) is 10.5 Å². The number of halogens is 3. The van der Waals surface area contributed by atoms with Crippen LogP contribution in [0.3, 0.4) is 0 Å². The van der Waals surface area contributed by atoms with Crippen LogP contribution in [0.2, 0.25) is 0 Å². The summed E-state index contributed by atoms with van der Waals surface area (Å²) in [7, 11) is 0. The van der Waals surface area contributed by atoms with E-state index in [1.165, 1.54) is 19.3 Å². The lowest BCUT2D eigenvalue weighted by molar-refractivity contribution is -0.119. The molecule has 0 atom stereocenters. The van der Waals surface area contributed by atoms with Gasteiger partial charge in [-0.3, -0.25) is 4.79 Å². The van der Waals surface area contributed by atoms with Crippen molar-refractivity contribution in [2.75, 3.05) is 24.2 Å². The molecule has 0 saturated heterocycles. The number of hydrogen-bond donors (Lipinski definition) is 3. The highest BCUT2D eigenvalue weighted by Gasteiger charge is 2.15. The third-order valence-electron chi connectivity index (χ3n) is 3.79. The van der Waals surface area contributed by atoms with E-state index >= 15 is 0 Å². The van der Waals surface area contributed by atoms with Gasteiger partial charge in [0.15, 0.2) is 17.5 Å². The maximum absolute atomic E-state index is 13.9. The van der Waals surface area contributed by atoms with Gasteiger partial charge in [-0.1, -0.05) is 0 Å². The number of ether oxygens (including phenoxy) is 1. The monoisotopic (exact) mass is 391 g/mol. The average Bonchev–Trinajstić information content (AvgIpc) is 2.66. The van der Waals surface area contributed by atoms with Gasteiger partial charge >= 0.3 is 0 Å². The van der Waals surface area contributed by atoms with E-state index < -0.39 is 17.5 Å². The van der Waals surface area contributed by atoms with E-state index in [-0.39, 0.29) is 29.7 Å². The molecule has 0 unspecified atom stereocenters. The van der Waals surface area contributed by atoms with Crippen molar-refractivity contribution in [2.24, 2.45) is 0 Å². The molecule has 0 aliphatic rings. The molecule has 0 bridgehead atoms. The maximum atomic E-state index is 13.9. The SMILES string of the molecule is CC(=O)NCCOc1cc2ncnc(Nc3ccc(F)c(F)c3F)c2cc1N. The van der Waals surface area contributed by atoms with E-state index in [1.54, 1.807) is 6.07 Å². The molecule has 0 spiro atoms. The number of nitrogen functional groups attached to an aromatic ring is 1. The summed E-state index contributed by atoms with van der Waals surface area (Å²) in [6.45, 7) is 1.90. The Kier molecular flexibility index (Phi) is 5.48. The molecule has 2 aromatic carbocycles. The van der Waals surface area contributed by atoms with Crippen LogP contribution in [0.4, 0.5) is 30.4 Å². The lowest BCUT2D eigenvalue weighted by Gasteiger charge is -2.13. The molecule has 1 amide bonds. The van der Waals surface area contributed by atoms with Crippen LogP contribution in [0.5, 0.6) is 5.75 Å². The second-order valence-electron chi connectivity index (χ2n) is 5.81. The van der Waals surface area contributed by atoms with Crippen molar-refractivity contribution in [2.45, 2.75) is 6.92 Å². The van der Waals surface area contributed by atoms with E-state index in [2.05, 4.69) is 20.6 Å². The molecular weight excluding hydrogens is 375 g/mol. The molecule has 7 nitrogen and oxygen atoms in total. The van der Waals surface area contributed by atoms with Gasteiger partial charge in [-0.2, -0.15) is 0 Å². The van der Waals surface area contributed by atoms with Crippen molar-refractivity contribution in [3.05, 3.63) is 48.0 Å². The smallest absolute Gasteiger partial charge is 0.216 e. The number of aromatic nitrogens is 2. The normalized spacial score (nSPS) is 10.7. The van der Waals surface area contributed by atoms with Crippen LogP contribution >= 0.6 is 0 Å². The lowest BCUT2D eigenvalue weighted by atomic mass is 10.2. The number of benzene rings is 2. The van der Waals surface area contributed by atoms with Crippen molar-refractivity contribution >= 4 is 34.0 Å². The van der Waals surface area contributed by atoms with Crippen molar-refractivity contribution in [1.29, 1.82) is 0 Å². The van der Waals surface area contributed by atoms with Crippen LogP contribution < -0.4 is 21.1 Å². The fourth-order valence-electron chi connectivity index (χ4n) is 2.46. The summed E-state index contributed by atoms with van der Waals surface area (Å²) >= 11 is 0. The average molecular weight is 391 g/mol. The minimum Gasteiger partial charge on any atom is -0.490 e. The van der Waals surface area contributed by atoms with Crippen LogP contribution in [0.25, 0.3) is 10.9 Å². The number of nitrogens with two attached hydrogens (primary N) is 1. The molecule has 0 fully saturated rings. The van der Waals surface area contributed by atoms with Gasteiger partial charge in [-0.05, 0) is 18.2 Å². The molecular formula is C18H16F3N5O2. The van der Waals surface area contributed by atoms with Crippen molar-refractivity contribution in [3.8, 4) is 5.75 Å². The number of carbonyl (C=O) groups is 1. The van der Waals surface area contributed by atoms with E-state index in [1.807, 2.05) is 0 Å². The highest BCUT2D eigenvalue weighted by molar-refractivity contribution is 5.94. The number of hydrogen-bond acceptors (Lipinski definition) is 6. The van der Waals surface area contributed by atoms with E-state index in [0.717, 1.165) is 12.1 Å². The Bertz CT molecular complexity index is 1050. The predicted molar refractivity (Wildman–Crippen MR) is 97.7 cm³/mol. The van der Waals surface area contributed by atoms with E-state index in [0.29, 0.717) is 23.2 Å². The highest BCUT2D eigenvalue weighted by Crippen LogP contribution is 2.32. The van der Waals surface area contributed by atoms with Crippen molar-refractivity contribution < 1.29 is 22.7 Å². The van der Waals surface area contributed by atoms with Gasteiger partial charge in [0.1, 0.15) is 24.5 Å². The first-order valence-electron chi connectivity index (χ1n) is 8.19. The molecule has 3 aromatic rings. The van der Waals surface area contributed by atoms with Gasteiger partial charge in [0.2, 0.25) is 5.91 Å². The summed E-state index contributed by atoms with van der Waals surface area (Å²) in [5.41, 5.74) is 6.40. The summed E-state index contributed by atoms with van der Waals surface area (Å²) < 4.78 is 46.0. The number of amides is 1. The van der Waals surface area contributed by atoms with Crippen molar-refractivity contribution in [3.63, 3.8) is 0 Å². The van der Waals surface area contributed by atoms with E-state index in [9.17, 15) is 18.0 Å². The zero-order valence-electron chi connectivity index (χ0n) is 14.7. The van der Waals surface area contributed by atoms with Crippen LogP contribution in [0.1, 0.15) is 6.92 Å². The Balaban J connectivity index is 1.88. The molecule has 4 N–H and O–H groups in total. The van der Waals surface area contributed by atoms with Crippen LogP contribution in [-0.4, -0.2) is 29.0 Å². The Hall–Kier alpha value is -3.56. The molecule has 10 heteroatoms. The molecule has 0 radical (unpaired) electrons. The summed E-state index contributed by atoms with van der Waals surface area (Å²) in [5.74, 6) is -3.91. The molecule has 0 aliphatic heterocycles. The minimum absolute atomic E-state index is 0.159. The zero-order valence-corrected chi connectivity index (χ0v) is 14.7. The second kappa shape index (κ2) is 7.99. The molecule has 146 valence electrons. The first-order valence-corrected chi connectivity index (χ1v) is 8.19. The summed E-state index contributed by atoms with van der Waals surface area (Å²) in [6.07, 6.45) is 1.22. The largest absolute Gasteiger partial charge is 0.490 e. The number of rotatable bonds is 6. The van der Waals surface area contributed by atoms with Gasteiger partial charge < -0.3 is 21.1 Å². The molecule has 1 aromatic heterocycles. The topological polar surface area (TPSA) is 102 Å². The van der Waals surface area contributed by atoms with Crippen LogP contribution in [-0.2, 0) is 4.79 Å². The third-order valence-corrected chi connectivity index (χ3v) is 3.79. The third kappa shape index (κ3) is 4.05. The van der Waals surface area contributed by atoms with Crippen LogP contribution in [0.15, 0.2) is 30.6 Å². The zero-order chi connectivity index (χ0) is 20.3. The van der Waals surface area contributed by atoms with Gasteiger partial charge in [-0.25, -0.2) is 23.1 Å². The Labute approximate surface area is 157 Å². The number of nitrogens with one attached hydrogen (secondary N) is 2. The van der Waals surface area contributed by atoms with Gasteiger partial charge in [0.05, 0.1) is 23.4 Å². The summed E-state index contributed by atoms with van der Waals surface area (Å²) in [5, 5.41) is 5.64. The standard InChI is InChI=1S/C18H16F3N5O2/c1-9(27)23-4-5-28-15-7-14-10(6-12(15)22)18(25-8-24-14)26-13-3-2-11(19)16(20)17(13)21/h2-3,6-8H,4-5,22H2,1H3,(H,23,27)(H,24,25,26). The first kappa shape index (κ1) is 19.2. The summed E-state index contributed by atoms with van der Waals surface area (Å²) in [4.78, 5) is 19.0. The number of nitrogens with zero attached hydrogens (tertiary/aromatic N) is 2. The molecule has 0 saturated carbocycles. The van der Waals surface area contributed by atoms with Crippen LogP contribution in [0, 0.1) is 17.5 Å². The van der Waals surface area contributed by atoms with Crippen molar-refractivity contribution in [1.82, 2.24) is 15.3 Å². The fraction of sp³-hybridized carbons (Fsp3) is 0.167. The highest BCUT2D eigenvalue weighted by atomic mass is 19.2. The van der Waals surface area contributed by atoms with Gasteiger partial charge in [0.25, 0.3) is 0 Å². The molecule has 3 rings (SSSR count). The second-order valence-corrected chi connectivity index (χ2v) is 5.81. The number of anilines is 3. The number of carbonyl (C=O) groups excluding carboxylic acids is 1. The fourth-order valence-corrected chi connectivity index (χ4v) is 2.46. The number of fused-ring (bicyclic) bond motifs is 1.